The second-order valence-electron chi connectivity index (χ2n) is 6.77. The minimum Gasteiger partial charge on any atom is -0.295 e. The van der Waals surface area contributed by atoms with E-state index in [-0.39, 0.29) is 0 Å². The molecule has 114 valence electrons. The summed E-state index contributed by atoms with van der Waals surface area (Å²) in [6.45, 7) is 5.70. The lowest BCUT2D eigenvalue weighted by Crippen LogP contribution is -2.15. The fraction of sp³-hybridized carbons (Fsp3) is 0.429. The molecule has 0 unspecified atom stereocenters. The summed E-state index contributed by atoms with van der Waals surface area (Å²) in [6.07, 6.45) is 6.32. The standard InChI is InChI=1S/C21H25N/c1-2-22-14-19-10-4-8-18(21(19)15-22)13-12-17-7-3-6-16-9-5-11-20(16)17/h3-4,6-8,10H,2,5,9,11-15H2,1H3. The third-order valence-electron chi connectivity index (χ3n) is 5.50. The molecule has 1 nitrogen and oxygen atoms in total. The molecule has 0 fully saturated rings. The van der Waals surface area contributed by atoms with Crippen LogP contribution in [0.25, 0.3) is 0 Å². The number of aryl methyl sites for hydroxylation is 3. The van der Waals surface area contributed by atoms with Crippen molar-refractivity contribution in [2.45, 2.75) is 52.1 Å². The number of nitrogens with zero attached hydrogens (tertiary/aromatic N) is 1. The summed E-state index contributed by atoms with van der Waals surface area (Å²) in [6, 6.07) is 13.9. The molecule has 0 spiro atoms. The van der Waals surface area contributed by atoms with Crippen LogP contribution < -0.4 is 0 Å². The minimum absolute atomic E-state index is 1.14. The zero-order valence-electron chi connectivity index (χ0n) is 13.6. The third kappa shape index (κ3) is 2.48. The van der Waals surface area contributed by atoms with E-state index in [0.717, 1.165) is 19.6 Å². The van der Waals surface area contributed by atoms with Gasteiger partial charge in [-0.25, -0.2) is 0 Å². The summed E-state index contributed by atoms with van der Waals surface area (Å²) in [7, 11) is 0. The van der Waals surface area contributed by atoms with E-state index in [0.29, 0.717) is 0 Å². The van der Waals surface area contributed by atoms with Crippen LogP contribution in [-0.4, -0.2) is 11.4 Å². The van der Waals surface area contributed by atoms with E-state index < -0.39 is 0 Å². The lowest BCUT2D eigenvalue weighted by atomic mass is 9.94. The molecule has 2 aromatic carbocycles. The van der Waals surface area contributed by atoms with Crippen molar-refractivity contribution >= 4 is 0 Å². The van der Waals surface area contributed by atoms with Crippen molar-refractivity contribution in [2.24, 2.45) is 0 Å². The number of benzene rings is 2. The van der Waals surface area contributed by atoms with Crippen LogP contribution in [0.1, 0.15) is 46.7 Å². The Hall–Kier alpha value is -1.60. The van der Waals surface area contributed by atoms with Crippen LogP contribution in [0.5, 0.6) is 0 Å². The maximum Gasteiger partial charge on any atom is 0.0243 e. The van der Waals surface area contributed by atoms with Gasteiger partial charge in [0.15, 0.2) is 0 Å². The lowest BCUT2D eigenvalue weighted by molar-refractivity contribution is 0.300. The highest BCUT2D eigenvalue weighted by atomic mass is 15.1. The smallest absolute Gasteiger partial charge is 0.0243 e. The first-order valence-corrected chi connectivity index (χ1v) is 8.77. The van der Waals surface area contributed by atoms with Crippen molar-refractivity contribution in [1.29, 1.82) is 0 Å². The zero-order valence-corrected chi connectivity index (χ0v) is 13.6. The summed E-state index contributed by atoms with van der Waals surface area (Å²) in [4.78, 5) is 2.54. The Balaban J connectivity index is 1.54. The van der Waals surface area contributed by atoms with Crippen molar-refractivity contribution in [3.63, 3.8) is 0 Å². The molecule has 0 aromatic heterocycles. The molecule has 0 atom stereocenters. The normalized spacial score (nSPS) is 16.8. The molecule has 4 rings (SSSR count). The van der Waals surface area contributed by atoms with Gasteiger partial charge in [-0.05, 0) is 72.0 Å². The van der Waals surface area contributed by atoms with E-state index >= 15 is 0 Å². The number of hydrogen-bond donors (Lipinski definition) is 0. The molecule has 0 saturated carbocycles. The summed E-state index contributed by atoms with van der Waals surface area (Å²) >= 11 is 0. The Morgan fingerprint density at radius 2 is 1.55 bits per heavy atom. The van der Waals surface area contributed by atoms with Crippen molar-refractivity contribution in [3.05, 3.63) is 69.8 Å². The molecule has 22 heavy (non-hydrogen) atoms. The first kappa shape index (κ1) is 14.0. The molecule has 0 N–H and O–H groups in total. The molecule has 1 heterocycles. The maximum atomic E-state index is 2.54. The lowest BCUT2D eigenvalue weighted by Gasteiger charge is -2.12. The number of hydrogen-bond acceptors (Lipinski definition) is 1. The average Bonchev–Trinajstić information content (AvgIpc) is 3.19. The predicted octanol–water partition coefficient (Wildman–Crippen LogP) is 4.30. The highest BCUT2D eigenvalue weighted by Crippen LogP contribution is 2.29. The molecule has 1 aliphatic carbocycles. The van der Waals surface area contributed by atoms with Gasteiger partial charge in [-0.2, -0.15) is 0 Å². The van der Waals surface area contributed by atoms with Crippen LogP contribution in [0.3, 0.4) is 0 Å². The highest BCUT2D eigenvalue weighted by Gasteiger charge is 2.20. The molecule has 1 aliphatic heterocycles. The van der Waals surface area contributed by atoms with E-state index in [1.807, 2.05) is 0 Å². The molecular formula is C21H25N. The molecule has 0 saturated heterocycles. The quantitative estimate of drug-likeness (QED) is 0.812. The Kier molecular flexibility index (Phi) is 3.75. The second kappa shape index (κ2) is 5.89. The van der Waals surface area contributed by atoms with Crippen LogP contribution in [-0.2, 0) is 38.8 Å². The van der Waals surface area contributed by atoms with Gasteiger partial charge < -0.3 is 0 Å². The van der Waals surface area contributed by atoms with Crippen LogP contribution in [0.2, 0.25) is 0 Å². The fourth-order valence-corrected chi connectivity index (χ4v) is 4.22. The summed E-state index contributed by atoms with van der Waals surface area (Å²) < 4.78 is 0. The molecule has 0 amide bonds. The SMILES string of the molecule is CCN1Cc2cccc(CCc3cccc4c3CCC4)c2C1. The summed E-state index contributed by atoms with van der Waals surface area (Å²) in [5, 5.41) is 0. The first-order chi connectivity index (χ1) is 10.8. The Morgan fingerprint density at radius 1 is 0.818 bits per heavy atom. The highest BCUT2D eigenvalue weighted by molar-refractivity contribution is 5.41. The topological polar surface area (TPSA) is 3.24 Å². The van der Waals surface area contributed by atoms with Gasteiger partial charge in [0.25, 0.3) is 0 Å². The van der Waals surface area contributed by atoms with Gasteiger partial charge in [0, 0.05) is 13.1 Å². The van der Waals surface area contributed by atoms with E-state index in [2.05, 4.69) is 48.2 Å². The minimum atomic E-state index is 1.14. The van der Waals surface area contributed by atoms with Crippen molar-refractivity contribution in [2.75, 3.05) is 6.54 Å². The number of fused-ring (bicyclic) bond motifs is 2. The monoisotopic (exact) mass is 291 g/mol. The van der Waals surface area contributed by atoms with E-state index in [4.69, 9.17) is 0 Å². The van der Waals surface area contributed by atoms with Crippen molar-refractivity contribution < 1.29 is 0 Å². The van der Waals surface area contributed by atoms with Gasteiger partial charge in [0.05, 0.1) is 0 Å². The maximum absolute atomic E-state index is 2.54. The first-order valence-electron chi connectivity index (χ1n) is 8.77. The van der Waals surface area contributed by atoms with E-state index in [1.54, 1.807) is 33.4 Å². The largest absolute Gasteiger partial charge is 0.295 e. The molecule has 0 bridgehead atoms. The summed E-state index contributed by atoms with van der Waals surface area (Å²) in [5.74, 6) is 0. The van der Waals surface area contributed by atoms with Crippen LogP contribution in [0, 0.1) is 0 Å². The number of rotatable bonds is 4. The van der Waals surface area contributed by atoms with Crippen LogP contribution in [0.15, 0.2) is 36.4 Å². The van der Waals surface area contributed by atoms with Gasteiger partial charge in [-0.3, -0.25) is 4.90 Å². The fourth-order valence-electron chi connectivity index (χ4n) is 4.22. The van der Waals surface area contributed by atoms with Gasteiger partial charge >= 0.3 is 0 Å². The zero-order chi connectivity index (χ0) is 14.9. The van der Waals surface area contributed by atoms with Gasteiger partial charge in [0.2, 0.25) is 0 Å². The van der Waals surface area contributed by atoms with Crippen LogP contribution >= 0.6 is 0 Å². The van der Waals surface area contributed by atoms with Gasteiger partial charge in [-0.1, -0.05) is 43.3 Å². The Bertz CT molecular complexity index is 686. The van der Waals surface area contributed by atoms with Gasteiger partial charge in [0.1, 0.15) is 0 Å². The second-order valence-corrected chi connectivity index (χ2v) is 6.77. The average molecular weight is 291 g/mol. The molecular weight excluding hydrogens is 266 g/mol. The van der Waals surface area contributed by atoms with Crippen molar-refractivity contribution in [1.82, 2.24) is 4.90 Å². The Labute approximate surface area is 134 Å². The molecule has 0 radical (unpaired) electrons. The van der Waals surface area contributed by atoms with E-state index in [1.165, 1.54) is 32.1 Å². The van der Waals surface area contributed by atoms with Crippen LogP contribution in [0.4, 0.5) is 0 Å². The molecule has 2 aliphatic rings. The molecule has 2 aromatic rings. The van der Waals surface area contributed by atoms with E-state index in [9.17, 15) is 0 Å². The Morgan fingerprint density at radius 3 is 2.32 bits per heavy atom. The van der Waals surface area contributed by atoms with Crippen molar-refractivity contribution in [3.8, 4) is 0 Å². The van der Waals surface area contributed by atoms with Gasteiger partial charge in [-0.15, -0.1) is 0 Å². The molecule has 1 heteroatoms. The predicted molar refractivity (Wildman–Crippen MR) is 92.1 cm³/mol. The summed E-state index contributed by atoms with van der Waals surface area (Å²) in [5.41, 5.74) is 9.59. The third-order valence-corrected chi connectivity index (χ3v) is 5.50.